The number of nitrogens with one attached hydrogen (secondary N) is 2. The lowest BCUT2D eigenvalue weighted by molar-refractivity contribution is -0.137. The second kappa shape index (κ2) is 6.79. The van der Waals surface area contributed by atoms with E-state index in [9.17, 15) is 18.0 Å². The third kappa shape index (κ3) is 3.95. The first kappa shape index (κ1) is 17.3. The van der Waals surface area contributed by atoms with Crippen LogP contribution in [0, 0.1) is 5.92 Å². The van der Waals surface area contributed by atoms with E-state index in [-0.39, 0.29) is 23.5 Å². The first-order valence-electron chi connectivity index (χ1n) is 7.82. The Morgan fingerprint density at radius 3 is 2.84 bits per heavy atom. The third-order valence-corrected chi connectivity index (χ3v) is 4.14. The number of hydrogen-bond donors (Lipinski definition) is 2. The second-order valence-electron chi connectivity index (χ2n) is 6.00. The van der Waals surface area contributed by atoms with Gasteiger partial charge < -0.3 is 10.6 Å². The van der Waals surface area contributed by atoms with Crippen molar-refractivity contribution in [3.05, 3.63) is 35.8 Å². The van der Waals surface area contributed by atoms with Gasteiger partial charge in [0.05, 0.1) is 11.8 Å². The van der Waals surface area contributed by atoms with E-state index in [1.807, 2.05) is 6.92 Å². The lowest BCUT2D eigenvalue weighted by Crippen LogP contribution is -2.48. The smallest absolute Gasteiger partial charge is 0.347 e. The zero-order chi connectivity index (χ0) is 18.0. The summed E-state index contributed by atoms with van der Waals surface area (Å²) in [6.45, 7) is 3.70. The quantitative estimate of drug-likeness (QED) is 0.871. The Bertz CT molecular complexity index is 742. The van der Waals surface area contributed by atoms with Crippen LogP contribution >= 0.6 is 0 Å². The molecule has 0 saturated carbocycles. The molecule has 1 aliphatic rings. The van der Waals surface area contributed by atoms with Crippen LogP contribution in [0.15, 0.2) is 24.5 Å². The molecule has 0 spiro atoms. The van der Waals surface area contributed by atoms with E-state index in [2.05, 4.69) is 25.9 Å². The van der Waals surface area contributed by atoms with Gasteiger partial charge in [-0.3, -0.25) is 4.79 Å². The minimum Gasteiger partial charge on any atom is -0.347 e. The van der Waals surface area contributed by atoms with Crippen LogP contribution in [0.25, 0.3) is 5.82 Å². The van der Waals surface area contributed by atoms with Crippen molar-refractivity contribution in [1.29, 1.82) is 0 Å². The van der Waals surface area contributed by atoms with Gasteiger partial charge in [-0.05, 0) is 37.6 Å². The number of carbonyl (C=O) groups excluding carboxylic acids is 1. The molecule has 1 saturated heterocycles. The van der Waals surface area contributed by atoms with Gasteiger partial charge in [-0.2, -0.15) is 13.2 Å². The monoisotopic (exact) mass is 354 g/mol. The number of halogens is 3. The molecule has 1 amide bonds. The SMILES string of the molecule is CC1CNCCC1NC(=O)c1cn(-c2ccc(C(F)(F)F)cn2)nn1. The molecule has 1 fully saturated rings. The van der Waals surface area contributed by atoms with Crippen molar-refractivity contribution >= 4 is 5.91 Å². The lowest BCUT2D eigenvalue weighted by Gasteiger charge is -2.29. The Hall–Kier alpha value is -2.49. The molecule has 3 rings (SSSR count). The predicted octanol–water partition coefficient (Wildman–Crippen LogP) is 1.41. The van der Waals surface area contributed by atoms with Crippen LogP contribution in [0.1, 0.15) is 29.4 Å². The van der Waals surface area contributed by atoms with Gasteiger partial charge in [0, 0.05) is 12.2 Å². The number of amides is 1. The third-order valence-electron chi connectivity index (χ3n) is 4.14. The van der Waals surface area contributed by atoms with Gasteiger partial charge in [0.1, 0.15) is 0 Å². The molecule has 2 N–H and O–H groups in total. The molecular weight excluding hydrogens is 337 g/mol. The van der Waals surface area contributed by atoms with Gasteiger partial charge in [-0.1, -0.05) is 12.1 Å². The van der Waals surface area contributed by atoms with Crippen LogP contribution in [-0.4, -0.2) is 45.0 Å². The zero-order valence-electron chi connectivity index (χ0n) is 13.4. The molecule has 2 atom stereocenters. The zero-order valence-corrected chi connectivity index (χ0v) is 13.4. The maximum atomic E-state index is 12.6. The van der Waals surface area contributed by atoms with Gasteiger partial charge in [0.15, 0.2) is 11.5 Å². The number of aromatic nitrogens is 4. The molecule has 134 valence electrons. The summed E-state index contributed by atoms with van der Waals surface area (Å²) in [4.78, 5) is 16.0. The van der Waals surface area contributed by atoms with Crippen molar-refractivity contribution in [2.24, 2.45) is 5.92 Å². The van der Waals surface area contributed by atoms with E-state index in [1.165, 1.54) is 16.9 Å². The molecule has 0 radical (unpaired) electrons. The molecule has 1 aliphatic heterocycles. The van der Waals surface area contributed by atoms with Crippen molar-refractivity contribution < 1.29 is 18.0 Å². The van der Waals surface area contributed by atoms with E-state index in [4.69, 9.17) is 0 Å². The van der Waals surface area contributed by atoms with Crippen LogP contribution in [0.2, 0.25) is 0 Å². The van der Waals surface area contributed by atoms with Gasteiger partial charge in [-0.15, -0.1) is 5.10 Å². The number of alkyl halides is 3. The average molecular weight is 354 g/mol. The number of rotatable bonds is 3. The number of pyridine rings is 1. The van der Waals surface area contributed by atoms with Crippen molar-refractivity contribution in [2.75, 3.05) is 13.1 Å². The Morgan fingerprint density at radius 2 is 2.20 bits per heavy atom. The van der Waals surface area contributed by atoms with Gasteiger partial charge in [0.25, 0.3) is 5.91 Å². The van der Waals surface area contributed by atoms with E-state index in [1.54, 1.807) is 0 Å². The van der Waals surface area contributed by atoms with E-state index in [0.717, 1.165) is 25.6 Å². The number of nitrogens with zero attached hydrogens (tertiary/aromatic N) is 4. The number of hydrogen-bond acceptors (Lipinski definition) is 5. The van der Waals surface area contributed by atoms with E-state index >= 15 is 0 Å². The van der Waals surface area contributed by atoms with E-state index < -0.39 is 11.7 Å². The summed E-state index contributed by atoms with van der Waals surface area (Å²) >= 11 is 0. The van der Waals surface area contributed by atoms with Crippen molar-refractivity contribution in [1.82, 2.24) is 30.6 Å². The summed E-state index contributed by atoms with van der Waals surface area (Å²) in [5.74, 6) is 0.0796. The Kier molecular flexibility index (Phi) is 4.71. The van der Waals surface area contributed by atoms with Crippen LogP contribution < -0.4 is 10.6 Å². The molecule has 0 aliphatic carbocycles. The van der Waals surface area contributed by atoms with Gasteiger partial charge in [-0.25, -0.2) is 9.67 Å². The highest BCUT2D eigenvalue weighted by Crippen LogP contribution is 2.28. The average Bonchev–Trinajstić information content (AvgIpc) is 3.06. The Labute approximate surface area is 141 Å². The number of piperidine rings is 1. The van der Waals surface area contributed by atoms with Gasteiger partial charge >= 0.3 is 6.18 Å². The first-order valence-corrected chi connectivity index (χ1v) is 7.82. The largest absolute Gasteiger partial charge is 0.417 e. The molecule has 7 nitrogen and oxygen atoms in total. The number of carbonyl (C=O) groups is 1. The topological polar surface area (TPSA) is 84.7 Å². The highest BCUT2D eigenvalue weighted by molar-refractivity contribution is 5.92. The van der Waals surface area contributed by atoms with Crippen molar-refractivity contribution in [3.63, 3.8) is 0 Å². The second-order valence-corrected chi connectivity index (χ2v) is 6.00. The maximum Gasteiger partial charge on any atom is 0.417 e. The molecule has 0 aromatic carbocycles. The normalized spacial score (nSPS) is 21.1. The molecule has 0 bridgehead atoms. The summed E-state index contributed by atoms with van der Waals surface area (Å²) in [6.07, 6.45) is -1.57. The van der Waals surface area contributed by atoms with Crippen LogP contribution in [0.4, 0.5) is 13.2 Å². The summed E-state index contributed by atoms with van der Waals surface area (Å²) in [6, 6.07) is 2.12. The molecule has 25 heavy (non-hydrogen) atoms. The van der Waals surface area contributed by atoms with Crippen molar-refractivity contribution in [2.45, 2.75) is 25.6 Å². The van der Waals surface area contributed by atoms with Crippen LogP contribution in [0.5, 0.6) is 0 Å². The standard InChI is InChI=1S/C15H17F3N6O/c1-9-6-19-5-4-11(9)21-14(25)12-8-24(23-22-12)13-3-2-10(7-20-13)15(16,17)18/h2-3,7-9,11,19H,4-6H2,1H3,(H,21,25). The Balaban J connectivity index is 1.70. The molecule has 3 heterocycles. The van der Waals surface area contributed by atoms with Gasteiger partial charge in [0.2, 0.25) is 0 Å². The predicted molar refractivity (Wildman–Crippen MR) is 82.1 cm³/mol. The molecule has 2 aromatic heterocycles. The fourth-order valence-electron chi connectivity index (χ4n) is 2.64. The fraction of sp³-hybridized carbons (Fsp3) is 0.467. The highest BCUT2D eigenvalue weighted by Gasteiger charge is 2.31. The fourth-order valence-corrected chi connectivity index (χ4v) is 2.64. The summed E-state index contributed by atoms with van der Waals surface area (Å²) < 4.78 is 38.8. The van der Waals surface area contributed by atoms with Crippen LogP contribution in [0.3, 0.4) is 0 Å². The minimum atomic E-state index is -4.45. The molecular formula is C15H17F3N6O. The molecule has 2 unspecified atom stereocenters. The summed E-state index contributed by atoms with van der Waals surface area (Å²) in [5.41, 5.74) is -0.762. The Morgan fingerprint density at radius 1 is 1.40 bits per heavy atom. The maximum absolute atomic E-state index is 12.6. The molecule has 2 aromatic rings. The van der Waals surface area contributed by atoms with Crippen molar-refractivity contribution in [3.8, 4) is 5.82 Å². The first-order chi connectivity index (χ1) is 11.8. The minimum absolute atomic E-state index is 0.0445. The highest BCUT2D eigenvalue weighted by atomic mass is 19.4. The van der Waals surface area contributed by atoms with E-state index in [0.29, 0.717) is 12.1 Å². The molecule has 10 heteroatoms. The van der Waals surface area contributed by atoms with Crippen LogP contribution in [-0.2, 0) is 6.18 Å². The lowest BCUT2D eigenvalue weighted by atomic mass is 9.95. The summed E-state index contributed by atoms with van der Waals surface area (Å²) in [5, 5.41) is 13.7. The summed E-state index contributed by atoms with van der Waals surface area (Å²) in [7, 11) is 0.